The van der Waals surface area contributed by atoms with Gasteiger partial charge >= 0.3 is 5.97 Å². The number of carbonyl (C=O) groups excluding carboxylic acids is 1. The first kappa shape index (κ1) is 26.3. The van der Waals surface area contributed by atoms with E-state index in [9.17, 15) is 9.59 Å². The van der Waals surface area contributed by atoms with Crippen LogP contribution in [0.5, 0.6) is 0 Å². The minimum atomic E-state index is -0.734. The van der Waals surface area contributed by atoms with Crippen LogP contribution in [0.15, 0.2) is 96.4 Å². The fraction of sp³-hybridized carbons (Fsp3) is 0.219. The van der Waals surface area contributed by atoms with E-state index in [0.717, 1.165) is 30.0 Å². The van der Waals surface area contributed by atoms with Crippen molar-refractivity contribution in [3.8, 4) is 5.69 Å². The Kier molecular flexibility index (Phi) is 7.24. The number of rotatable bonds is 7. The van der Waals surface area contributed by atoms with Gasteiger partial charge in [0.2, 0.25) is 5.43 Å². The van der Waals surface area contributed by atoms with Gasteiger partial charge in [-0.15, -0.1) is 0 Å². The Balaban J connectivity index is 1.46. The van der Waals surface area contributed by atoms with Crippen LogP contribution >= 0.6 is 0 Å². The monoisotopic (exact) mass is 551 g/mol. The van der Waals surface area contributed by atoms with Gasteiger partial charge in [-0.3, -0.25) is 4.79 Å². The number of anilines is 2. The minimum Gasteiger partial charge on any atom is -0.462 e. The lowest BCUT2D eigenvalue weighted by Gasteiger charge is -2.37. The normalized spacial score (nSPS) is 13.5. The summed E-state index contributed by atoms with van der Waals surface area (Å²) < 4.78 is 24.7. The highest BCUT2D eigenvalue weighted by atomic mass is 19.1. The van der Waals surface area contributed by atoms with Crippen molar-refractivity contribution in [3.05, 3.63) is 119 Å². The second-order valence-electron chi connectivity index (χ2n) is 9.96. The molecule has 0 N–H and O–H groups in total. The number of hydrogen-bond acceptors (Lipinski definition) is 6. The van der Waals surface area contributed by atoms with E-state index in [0.29, 0.717) is 30.8 Å². The molecule has 1 saturated heterocycles. The Hall–Kier alpha value is -4.92. The number of para-hydroxylation sites is 2. The molecule has 1 fully saturated rings. The van der Waals surface area contributed by atoms with Crippen LogP contribution in [0.25, 0.3) is 16.6 Å². The van der Waals surface area contributed by atoms with Gasteiger partial charge in [0.15, 0.2) is 0 Å². The van der Waals surface area contributed by atoms with E-state index in [1.165, 1.54) is 12.3 Å². The Morgan fingerprint density at radius 2 is 1.68 bits per heavy atom. The Labute approximate surface area is 236 Å². The maximum Gasteiger partial charge on any atom is 0.343 e. The number of aromatic nitrogens is 3. The number of imidazole rings is 1. The summed E-state index contributed by atoms with van der Waals surface area (Å²) in [7, 11) is 0. The highest BCUT2D eigenvalue weighted by Crippen LogP contribution is 2.30. The molecule has 0 bridgehead atoms. The third-order valence-electron chi connectivity index (χ3n) is 7.47. The average molecular weight is 552 g/mol. The van der Waals surface area contributed by atoms with Crippen LogP contribution in [-0.2, 0) is 11.3 Å². The second kappa shape index (κ2) is 11.3. The molecule has 3 heterocycles. The highest BCUT2D eigenvalue weighted by Gasteiger charge is 2.24. The van der Waals surface area contributed by atoms with Crippen molar-refractivity contribution in [1.29, 1.82) is 0 Å². The Morgan fingerprint density at radius 3 is 2.41 bits per heavy atom. The van der Waals surface area contributed by atoms with Crippen molar-refractivity contribution >= 4 is 28.2 Å². The fourth-order valence-electron chi connectivity index (χ4n) is 5.43. The molecule has 5 aromatic rings. The van der Waals surface area contributed by atoms with Gasteiger partial charge in [-0.05, 0) is 42.8 Å². The molecule has 8 nitrogen and oxygen atoms in total. The summed E-state index contributed by atoms with van der Waals surface area (Å²) in [6.45, 7) is 5.05. The van der Waals surface area contributed by atoms with Crippen molar-refractivity contribution in [2.24, 2.45) is 0 Å². The van der Waals surface area contributed by atoms with Gasteiger partial charge in [-0.1, -0.05) is 36.4 Å². The number of benzene rings is 3. The first-order chi connectivity index (χ1) is 20.0. The van der Waals surface area contributed by atoms with E-state index in [1.54, 1.807) is 30.1 Å². The van der Waals surface area contributed by atoms with Crippen LogP contribution in [0, 0.1) is 5.82 Å². The van der Waals surface area contributed by atoms with E-state index in [1.807, 2.05) is 58.1 Å². The van der Waals surface area contributed by atoms with Crippen molar-refractivity contribution in [3.63, 3.8) is 0 Å². The molecule has 208 valence electrons. The van der Waals surface area contributed by atoms with Crippen LogP contribution in [-0.4, -0.2) is 52.9 Å². The summed E-state index contributed by atoms with van der Waals surface area (Å²) in [6.07, 6.45) is 6.83. The molecular weight excluding hydrogens is 521 g/mol. The van der Waals surface area contributed by atoms with Gasteiger partial charge in [0, 0.05) is 55.8 Å². The molecule has 1 aliphatic rings. The maximum absolute atomic E-state index is 15.7. The highest BCUT2D eigenvalue weighted by molar-refractivity contribution is 5.95. The first-order valence-electron chi connectivity index (χ1n) is 13.7. The van der Waals surface area contributed by atoms with Crippen LogP contribution < -0.4 is 15.2 Å². The standard InChI is InChI=1S/C32H30FN5O3/c1-2-41-32(40)26-21-38(28-11-7-6-8-23(28)20-35-13-12-34-22-35)29-19-30(27(33)18-25(29)31(26)39)37-16-14-36(15-17-37)24-9-4-3-5-10-24/h3-13,18-19,21-22H,2,14-17,20H2,1H3. The summed E-state index contributed by atoms with van der Waals surface area (Å²) in [5.74, 6) is -1.23. The lowest BCUT2D eigenvalue weighted by atomic mass is 10.1. The van der Waals surface area contributed by atoms with E-state index < -0.39 is 17.2 Å². The number of esters is 1. The molecule has 2 aromatic heterocycles. The molecule has 0 unspecified atom stereocenters. The Bertz CT molecular complexity index is 1740. The molecule has 0 radical (unpaired) electrons. The zero-order valence-electron chi connectivity index (χ0n) is 22.7. The van der Waals surface area contributed by atoms with Crippen molar-refractivity contribution in [2.75, 3.05) is 42.6 Å². The first-order valence-corrected chi connectivity index (χ1v) is 13.7. The number of piperazine rings is 1. The molecule has 0 atom stereocenters. The van der Waals surface area contributed by atoms with Gasteiger partial charge in [-0.25, -0.2) is 14.2 Å². The predicted molar refractivity (Wildman–Crippen MR) is 158 cm³/mol. The van der Waals surface area contributed by atoms with E-state index >= 15 is 4.39 Å². The van der Waals surface area contributed by atoms with Crippen LogP contribution in [0.2, 0.25) is 0 Å². The molecule has 41 heavy (non-hydrogen) atoms. The second-order valence-corrected chi connectivity index (χ2v) is 9.96. The van der Waals surface area contributed by atoms with Gasteiger partial charge < -0.3 is 23.7 Å². The van der Waals surface area contributed by atoms with E-state index in [2.05, 4.69) is 22.0 Å². The largest absolute Gasteiger partial charge is 0.462 e. The number of hydrogen-bond donors (Lipinski definition) is 0. The van der Waals surface area contributed by atoms with E-state index in [4.69, 9.17) is 4.74 Å². The quantitative estimate of drug-likeness (QED) is 0.269. The molecule has 1 aliphatic heterocycles. The number of halogens is 1. The number of fused-ring (bicyclic) bond motifs is 1. The third kappa shape index (κ3) is 5.18. The summed E-state index contributed by atoms with van der Waals surface area (Å²) >= 11 is 0. The summed E-state index contributed by atoms with van der Waals surface area (Å²) in [5, 5.41) is 0.122. The molecule has 0 aliphatic carbocycles. The zero-order chi connectivity index (χ0) is 28.3. The molecule has 6 rings (SSSR count). The smallest absolute Gasteiger partial charge is 0.343 e. The third-order valence-corrected chi connectivity index (χ3v) is 7.47. The zero-order valence-corrected chi connectivity index (χ0v) is 22.7. The molecule has 9 heteroatoms. The SMILES string of the molecule is CCOC(=O)c1cn(-c2ccccc2Cn2ccnc2)c2cc(N3CCN(c4ccccc4)CC3)c(F)cc2c1=O. The van der Waals surface area contributed by atoms with Crippen molar-refractivity contribution < 1.29 is 13.9 Å². The molecule has 0 saturated carbocycles. The summed E-state index contributed by atoms with van der Waals surface area (Å²) in [6, 6.07) is 20.9. The average Bonchev–Trinajstić information content (AvgIpc) is 3.52. The van der Waals surface area contributed by atoms with E-state index in [-0.39, 0.29) is 17.6 Å². The van der Waals surface area contributed by atoms with Crippen molar-refractivity contribution in [1.82, 2.24) is 14.1 Å². The van der Waals surface area contributed by atoms with Gasteiger partial charge in [0.05, 0.1) is 36.4 Å². The lowest BCUT2D eigenvalue weighted by molar-refractivity contribution is 0.0524. The number of pyridine rings is 1. The van der Waals surface area contributed by atoms with Crippen LogP contribution in [0.3, 0.4) is 0 Å². The molecule has 3 aromatic carbocycles. The number of carbonyl (C=O) groups is 1. The number of nitrogens with zero attached hydrogens (tertiary/aromatic N) is 5. The van der Waals surface area contributed by atoms with Crippen LogP contribution in [0.1, 0.15) is 22.8 Å². The number of ether oxygens (including phenoxy) is 1. The topological polar surface area (TPSA) is 72.6 Å². The summed E-state index contributed by atoms with van der Waals surface area (Å²) in [4.78, 5) is 34.8. The fourth-order valence-corrected chi connectivity index (χ4v) is 5.43. The van der Waals surface area contributed by atoms with Gasteiger partial charge in [0.1, 0.15) is 11.4 Å². The van der Waals surface area contributed by atoms with Crippen LogP contribution in [0.4, 0.5) is 15.8 Å². The minimum absolute atomic E-state index is 0.121. The van der Waals surface area contributed by atoms with Gasteiger partial charge in [0.25, 0.3) is 0 Å². The van der Waals surface area contributed by atoms with Crippen molar-refractivity contribution in [2.45, 2.75) is 13.5 Å². The summed E-state index contributed by atoms with van der Waals surface area (Å²) in [5.41, 5.74) is 3.09. The lowest BCUT2D eigenvalue weighted by Crippen LogP contribution is -2.46. The molecule has 0 spiro atoms. The van der Waals surface area contributed by atoms with Gasteiger partial charge in [-0.2, -0.15) is 0 Å². The molecule has 0 amide bonds. The molecular formula is C32H30FN5O3. The maximum atomic E-state index is 15.7. The predicted octanol–water partition coefficient (Wildman–Crippen LogP) is 4.88. The Morgan fingerprint density at radius 1 is 0.951 bits per heavy atom.